The van der Waals surface area contributed by atoms with E-state index in [9.17, 15) is 20.3 Å². The number of β-amino-alcohol motifs (C(OH)–C–C–N with tert-alkyl or cyclic N) is 1. The molecule has 246 valence electrons. The van der Waals surface area contributed by atoms with Gasteiger partial charge in [-0.1, -0.05) is 66.7 Å². The number of fused-ring (bicyclic) bond motifs is 1. The summed E-state index contributed by atoms with van der Waals surface area (Å²) in [7, 11) is 0. The first-order chi connectivity index (χ1) is 23.2. The molecule has 10 heteroatoms. The number of nitrogens with zero attached hydrogens (tertiary/aromatic N) is 5. The number of carboxylic acids is 1. The van der Waals surface area contributed by atoms with Gasteiger partial charge in [-0.2, -0.15) is 5.26 Å². The molecular weight excluding hydrogens is 642 g/mol. The number of nitriles is 1. The number of hydrogen-bond donors (Lipinski definition) is 2. The highest BCUT2D eigenvalue weighted by Crippen LogP contribution is 2.54. The van der Waals surface area contributed by atoms with Crippen LogP contribution in [0.1, 0.15) is 47.7 Å². The Labute approximate surface area is 290 Å². The molecule has 48 heavy (non-hydrogen) atoms. The molecule has 3 aliphatic rings. The van der Waals surface area contributed by atoms with Gasteiger partial charge in [0, 0.05) is 61.6 Å². The zero-order valence-corrected chi connectivity index (χ0v) is 28.4. The number of carboxylic acid groups (broad SMARTS) is 1. The lowest BCUT2D eigenvalue weighted by Gasteiger charge is -2.39. The summed E-state index contributed by atoms with van der Waals surface area (Å²) in [5.41, 5.74) is 6.74. The van der Waals surface area contributed by atoms with Crippen molar-refractivity contribution in [2.24, 2.45) is 11.8 Å². The van der Waals surface area contributed by atoms with E-state index in [1.807, 2.05) is 40.9 Å². The Morgan fingerprint density at radius 2 is 1.88 bits per heavy atom. The van der Waals surface area contributed by atoms with Crippen molar-refractivity contribution in [2.45, 2.75) is 48.7 Å². The van der Waals surface area contributed by atoms with E-state index in [4.69, 9.17) is 16.6 Å². The minimum atomic E-state index is -0.751. The van der Waals surface area contributed by atoms with Crippen LogP contribution in [0.5, 0.6) is 0 Å². The lowest BCUT2D eigenvalue weighted by Crippen LogP contribution is -2.30. The first kappa shape index (κ1) is 32.6. The van der Waals surface area contributed by atoms with E-state index < -0.39 is 10.7 Å². The van der Waals surface area contributed by atoms with E-state index in [1.54, 1.807) is 11.8 Å². The molecular formula is C38H38ClN5O3S. The number of aliphatic hydroxyl groups is 1. The largest absolute Gasteiger partial charge is 0.481 e. The fraction of sp³-hybridized carbons (Fsp3) is 0.342. The molecule has 0 saturated carbocycles. The lowest BCUT2D eigenvalue weighted by atomic mass is 9.77. The van der Waals surface area contributed by atoms with Gasteiger partial charge in [-0.25, -0.2) is 4.98 Å². The zero-order chi connectivity index (χ0) is 33.4. The first-order valence-electron chi connectivity index (χ1n) is 16.4. The number of pyridine rings is 2. The maximum atomic E-state index is 11.5. The quantitative estimate of drug-likeness (QED) is 0.204. The average molecular weight is 680 g/mol. The van der Waals surface area contributed by atoms with E-state index in [2.05, 4.69) is 71.5 Å². The third kappa shape index (κ3) is 6.43. The molecule has 7 rings (SSSR count). The molecule has 3 aromatic heterocycles. The fourth-order valence-corrected chi connectivity index (χ4v) is 9.05. The predicted molar refractivity (Wildman–Crippen MR) is 189 cm³/mol. The van der Waals surface area contributed by atoms with Gasteiger partial charge >= 0.3 is 5.97 Å². The van der Waals surface area contributed by atoms with Gasteiger partial charge < -0.3 is 14.6 Å². The van der Waals surface area contributed by atoms with Crippen molar-refractivity contribution in [3.8, 4) is 6.07 Å². The Morgan fingerprint density at radius 3 is 2.62 bits per heavy atom. The topological polar surface area (TPSA) is 105 Å². The highest BCUT2D eigenvalue weighted by Gasteiger charge is 2.42. The third-order valence-electron chi connectivity index (χ3n) is 10.00. The summed E-state index contributed by atoms with van der Waals surface area (Å²) in [5.74, 6) is -1.12. The molecule has 8 nitrogen and oxygen atoms in total. The Morgan fingerprint density at radius 1 is 1.08 bits per heavy atom. The molecule has 0 spiro atoms. The van der Waals surface area contributed by atoms with Crippen LogP contribution in [0.15, 0.2) is 90.2 Å². The number of halogens is 1. The highest BCUT2D eigenvalue weighted by atomic mass is 35.5. The number of thioether (sulfide) groups is 1. The van der Waals surface area contributed by atoms with E-state index >= 15 is 0 Å². The molecule has 2 unspecified atom stereocenters. The predicted octanol–water partition coefficient (Wildman–Crippen LogP) is 6.61. The molecule has 5 heterocycles. The van der Waals surface area contributed by atoms with Gasteiger partial charge in [0.15, 0.2) is 0 Å². The molecule has 1 aromatic carbocycles. The SMILES string of the molecule is CC1C(c2ccccc2Cl)=CC=CC1(Sc1cc(CN2CC[C@@H](O)C2)ccn1)c1cc2cc(CN3CC[C@@H](C(=O)O)C3)cc(C#N)n2c1. The fourth-order valence-electron chi connectivity index (χ4n) is 7.46. The van der Waals surface area contributed by atoms with E-state index in [-0.39, 0.29) is 17.9 Å². The lowest BCUT2D eigenvalue weighted by molar-refractivity contribution is -0.141. The number of likely N-dealkylation sites (tertiary alicyclic amines) is 2. The number of aliphatic carboxylic acids is 1. The van der Waals surface area contributed by atoms with E-state index in [0.717, 1.165) is 64.4 Å². The zero-order valence-electron chi connectivity index (χ0n) is 26.8. The molecule has 1 aliphatic carbocycles. The van der Waals surface area contributed by atoms with Crippen LogP contribution in [0.2, 0.25) is 5.02 Å². The van der Waals surface area contributed by atoms with Crippen molar-refractivity contribution in [1.29, 1.82) is 5.26 Å². The van der Waals surface area contributed by atoms with Gasteiger partial charge in [0.05, 0.1) is 21.8 Å². The van der Waals surface area contributed by atoms with Gasteiger partial charge in [0.2, 0.25) is 0 Å². The number of hydrogen-bond acceptors (Lipinski definition) is 7. The Bertz CT molecular complexity index is 1970. The first-order valence-corrected chi connectivity index (χ1v) is 17.6. The van der Waals surface area contributed by atoms with Crippen molar-refractivity contribution >= 4 is 40.4 Å². The van der Waals surface area contributed by atoms with Crippen molar-refractivity contribution in [2.75, 3.05) is 26.2 Å². The maximum absolute atomic E-state index is 11.5. The molecule has 2 N–H and O–H groups in total. The second kappa shape index (κ2) is 13.5. The van der Waals surface area contributed by atoms with Gasteiger partial charge in [-0.05, 0) is 83.6 Å². The van der Waals surface area contributed by atoms with Gasteiger partial charge in [-0.3, -0.25) is 14.6 Å². The molecule has 0 amide bonds. The van der Waals surface area contributed by atoms with Crippen molar-refractivity contribution < 1.29 is 15.0 Å². The molecule has 0 bridgehead atoms. The molecule has 2 saturated heterocycles. The van der Waals surface area contributed by atoms with Crippen LogP contribution in [-0.4, -0.2) is 67.6 Å². The summed E-state index contributed by atoms with van der Waals surface area (Å²) >= 11 is 8.47. The van der Waals surface area contributed by atoms with Crippen LogP contribution in [0.4, 0.5) is 0 Å². The van der Waals surface area contributed by atoms with Crippen LogP contribution in [-0.2, 0) is 22.6 Å². The normalized spacial score (nSPS) is 24.6. The summed E-state index contributed by atoms with van der Waals surface area (Å²) < 4.78 is 1.38. The number of aromatic nitrogens is 2. The Balaban J connectivity index is 1.27. The van der Waals surface area contributed by atoms with Crippen molar-refractivity contribution in [3.63, 3.8) is 0 Å². The second-order valence-electron chi connectivity index (χ2n) is 13.2. The summed E-state index contributed by atoms with van der Waals surface area (Å²) in [4.78, 5) is 20.8. The molecule has 2 fully saturated rings. The average Bonchev–Trinajstić information content (AvgIpc) is 3.83. The number of rotatable bonds is 9. The summed E-state index contributed by atoms with van der Waals surface area (Å²) in [6.45, 7) is 6.37. The summed E-state index contributed by atoms with van der Waals surface area (Å²) in [6, 6.07) is 20.7. The number of benzene rings is 1. The Hall–Kier alpha value is -3.91. The van der Waals surface area contributed by atoms with Crippen LogP contribution >= 0.6 is 23.4 Å². The minimum Gasteiger partial charge on any atom is -0.481 e. The number of carbonyl (C=O) groups is 1. The third-order valence-corrected chi connectivity index (χ3v) is 11.8. The smallest absolute Gasteiger partial charge is 0.307 e. The van der Waals surface area contributed by atoms with E-state index in [0.29, 0.717) is 36.8 Å². The minimum absolute atomic E-state index is 0.0217. The maximum Gasteiger partial charge on any atom is 0.307 e. The van der Waals surface area contributed by atoms with Crippen LogP contribution in [0.3, 0.4) is 0 Å². The van der Waals surface area contributed by atoms with Gasteiger partial charge in [-0.15, -0.1) is 0 Å². The van der Waals surface area contributed by atoms with Crippen molar-refractivity contribution in [3.05, 3.63) is 118 Å². The monoisotopic (exact) mass is 679 g/mol. The van der Waals surface area contributed by atoms with Crippen molar-refractivity contribution in [1.82, 2.24) is 19.2 Å². The van der Waals surface area contributed by atoms with E-state index in [1.165, 1.54) is 0 Å². The highest BCUT2D eigenvalue weighted by molar-refractivity contribution is 8.00. The standard InChI is InChI=1S/C38H38ClN5O3S/c1-25-33(34-5-2-3-7-35(34)39)6-4-11-38(25,48-36-17-26(8-12-41-36)20-43-14-10-32(45)24-43)29-18-30-15-27(16-31(19-40)44(30)23-29)21-42-13-9-28(22-42)37(46)47/h2-8,11-12,15-18,23,25,28,32,45H,9-10,13-14,20-22,24H2,1H3,(H,46,47)/t25?,28-,32-,38?/m1/s1. The second-order valence-corrected chi connectivity index (χ2v) is 14.9. The molecule has 4 atom stereocenters. The van der Waals surface area contributed by atoms with Gasteiger partial charge in [0.25, 0.3) is 0 Å². The molecule has 2 aliphatic heterocycles. The van der Waals surface area contributed by atoms with Crippen LogP contribution < -0.4 is 0 Å². The summed E-state index contributed by atoms with van der Waals surface area (Å²) in [6.07, 6.45) is 11.6. The number of allylic oxidation sites excluding steroid dienone is 3. The Kier molecular flexibility index (Phi) is 9.20. The number of aliphatic hydroxyl groups excluding tert-OH is 1. The molecule has 4 aromatic rings. The van der Waals surface area contributed by atoms with Gasteiger partial charge in [0.1, 0.15) is 11.8 Å². The van der Waals surface area contributed by atoms with Crippen LogP contribution in [0.25, 0.3) is 11.1 Å². The van der Waals surface area contributed by atoms with Crippen LogP contribution in [0, 0.1) is 23.2 Å². The molecule has 0 radical (unpaired) electrons. The summed E-state index contributed by atoms with van der Waals surface area (Å²) in [5, 5.41) is 31.4.